The monoisotopic (exact) mass is 331 g/mol. The van der Waals surface area contributed by atoms with Crippen molar-refractivity contribution in [1.29, 1.82) is 0 Å². The Bertz CT molecular complexity index is 768. The maximum Gasteiger partial charge on any atom is 0.149 e. The fourth-order valence-electron chi connectivity index (χ4n) is 2.29. The molecule has 2 nitrogen and oxygen atoms in total. The lowest BCUT2D eigenvalue weighted by Crippen LogP contribution is -2.34. The zero-order valence-electron chi connectivity index (χ0n) is 12.0. The molecule has 0 aliphatic carbocycles. The van der Waals surface area contributed by atoms with E-state index < -0.39 is 0 Å². The van der Waals surface area contributed by atoms with Crippen LogP contribution >= 0.6 is 15.9 Å². The van der Waals surface area contributed by atoms with E-state index in [1.165, 1.54) is 10.8 Å². The molecule has 3 rings (SSSR count). The zero-order chi connectivity index (χ0) is 14.3. The number of furan rings is 1. The SMILES string of the molecule is CC(C)(C)NCc1cc2cc3ccccc3c(Br)c2o1. The number of benzene rings is 2. The molecule has 0 radical (unpaired) electrons. The first-order valence-electron chi connectivity index (χ1n) is 6.79. The minimum Gasteiger partial charge on any atom is -0.458 e. The Labute approximate surface area is 127 Å². The summed E-state index contributed by atoms with van der Waals surface area (Å²) in [5, 5.41) is 7.00. The van der Waals surface area contributed by atoms with Crippen molar-refractivity contribution in [3.63, 3.8) is 0 Å². The maximum absolute atomic E-state index is 5.99. The van der Waals surface area contributed by atoms with E-state index in [0.717, 1.165) is 27.7 Å². The molecule has 1 N–H and O–H groups in total. The van der Waals surface area contributed by atoms with Crippen LogP contribution in [0.1, 0.15) is 26.5 Å². The number of nitrogens with one attached hydrogen (secondary N) is 1. The predicted molar refractivity (Wildman–Crippen MR) is 88.0 cm³/mol. The van der Waals surface area contributed by atoms with Gasteiger partial charge in [-0.25, -0.2) is 0 Å². The summed E-state index contributed by atoms with van der Waals surface area (Å²) >= 11 is 3.67. The maximum atomic E-state index is 5.99. The highest BCUT2D eigenvalue weighted by Gasteiger charge is 2.13. The lowest BCUT2D eigenvalue weighted by atomic mass is 10.1. The normalized spacial score (nSPS) is 12.4. The average Bonchev–Trinajstić information content (AvgIpc) is 2.79. The van der Waals surface area contributed by atoms with Crippen molar-refractivity contribution in [3.8, 4) is 0 Å². The van der Waals surface area contributed by atoms with E-state index in [2.05, 4.69) is 72.3 Å². The topological polar surface area (TPSA) is 25.2 Å². The van der Waals surface area contributed by atoms with E-state index in [1.54, 1.807) is 0 Å². The largest absolute Gasteiger partial charge is 0.458 e. The second-order valence-electron chi connectivity index (χ2n) is 6.15. The van der Waals surface area contributed by atoms with Crippen LogP contribution in [0, 0.1) is 0 Å². The Balaban J connectivity index is 2.06. The third-order valence-electron chi connectivity index (χ3n) is 3.31. The van der Waals surface area contributed by atoms with Crippen LogP contribution in [0.5, 0.6) is 0 Å². The summed E-state index contributed by atoms with van der Waals surface area (Å²) in [5.74, 6) is 0.964. The van der Waals surface area contributed by atoms with Gasteiger partial charge in [-0.1, -0.05) is 24.3 Å². The first-order valence-corrected chi connectivity index (χ1v) is 7.58. The van der Waals surface area contributed by atoms with Gasteiger partial charge in [-0.3, -0.25) is 0 Å². The van der Waals surface area contributed by atoms with Crippen molar-refractivity contribution in [2.75, 3.05) is 0 Å². The van der Waals surface area contributed by atoms with Crippen molar-refractivity contribution < 1.29 is 4.42 Å². The Morgan fingerprint density at radius 3 is 2.60 bits per heavy atom. The van der Waals surface area contributed by atoms with Crippen LogP contribution in [0.2, 0.25) is 0 Å². The Morgan fingerprint density at radius 1 is 1.10 bits per heavy atom. The second-order valence-corrected chi connectivity index (χ2v) is 6.94. The van der Waals surface area contributed by atoms with E-state index in [0.29, 0.717) is 0 Å². The van der Waals surface area contributed by atoms with Crippen LogP contribution in [-0.4, -0.2) is 5.54 Å². The molecule has 0 atom stereocenters. The van der Waals surface area contributed by atoms with Crippen molar-refractivity contribution >= 4 is 37.7 Å². The van der Waals surface area contributed by atoms with Gasteiger partial charge in [0.05, 0.1) is 11.0 Å². The smallest absolute Gasteiger partial charge is 0.149 e. The van der Waals surface area contributed by atoms with Gasteiger partial charge in [-0.15, -0.1) is 0 Å². The van der Waals surface area contributed by atoms with Gasteiger partial charge >= 0.3 is 0 Å². The minimum absolute atomic E-state index is 0.0842. The molecule has 0 fully saturated rings. The molecule has 1 aromatic heterocycles. The molecule has 3 heteroatoms. The lowest BCUT2D eigenvalue weighted by Gasteiger charge is -2.19. The van der Waals surface area contributed by atoms with E-state index >= 15 is 0 Å². The highest BCUT2D eigenvalue weighted by Crippen LogP contribution is 2.34. The predicted octanol–water partition coefficient (Wildman–Crippen LogP) is 5.24. The van der Waals surface area contributed by atoms with Gasteiger partial charge < -0.3 is 9.73 Å². The molecule has 0 aliphatic rings. The Morgan fingerprint density at radius 2 is 1.85 bits per heavy atom. The highest BCUT2D eigenvalue weighted by atomic mass is 79.9. The van der Waals surface area contributed by atoms with Crippen LogP contribution < -0.4 is 5.32 Å². The van der Waals surface area contributed by atoms with Crippen LogP contribution in [0.25, 0.3) is 21.7 Å². The van der Waals surface area contributed by atoms with Crippen LogP contribution in [-0.2, 0) is 6.54 Å². The zero-order valence-corrected chi connectivity index (χ0v) is 13.5. The molecule has 0 bridgehead atoms. The molecule has 0 amide bonds. The number of hydrogen-bond acceptors (Lipinski definition) is 2. The van der Waals surface area contributed by atoms with Crippen LogP contribution in [0.15, 0.2) is 45.3 Å². The molecule has 1 heterocycles. The van der Waals surface area contributed by atoms with Gasteiger partial charge in [0, 0.05) is 10.9 Å². The number of fused-ring (bicyclic) bond motifs is 2. The lowest BCUT2D eigenvalue weighted by molar-refractivity contribution is 0.395. The summed E-state index contributed by atoms with van der Waals surface area (Å²) in [5.41, 5.74) is 1.01. The summed E-state index contributed by atoms with van der Waals surface area (Å²) in [6.07, 6.45) is 0. The average molecular weight is 332 g/mol. The molecule has 0 spiro atoms. The number of rotatable bonds is 2. The summed E-state index contributed by atoms with van der Waals surface area (Å²) in [7, 11) is 0. The van der Waals surface area contributed by atoms with E-state index in [9.17, 15) is 0 Å². The van der Waals surface area contributed by atoms with E-state index in [4.69, 9.17) is 4.42 Å². The molecule has 20 heavy (non-hydrogen) atoms. The molecular weight excluding hydrogens is 314 g/mol. The molecule has 2 aromatic carbocycles. The fourth-order valence-corrected chi connectivity index (χ4v) is 2.96. The molecule has 0 saturated carbocycles. The van der Waals surface area contributed by atoms with Crippen molar-refractivity contribution in [1.82, 2.24) is 5.32 Å². The Kier molecular flexibility index (Phi) is 3.35. The number of hydrogen-bond donors (Lipinski definition) is 1. The summed E-state index contributed by atoms with van der Waals surface area (Å²) in [6.45, 7) is 7.20. The van der Waals surface area contributed by atoms with E-state index in [1.807, 2.05) is 6.07 Å². The third kappa shape index (κ3) is 2.60. The van der Waals surface area contributed by atoms with Gasteiger partial charge in [-0.05, 0) is 59.6 Å². The first-order chi connectivity index (χ1) is 9.44. The fraction of sp³-hybridized carbons (Fsp3) is 0.294. The molecule has 3 aromatic rings. The van der Waals surface area contributed by atoms with E-state index in [-0.39, 0.29) is 5.54 Å². The second kappa shape index (κ2) is 4.90. The summed E-state index contributed by atoms with van der Waals surface area (Å²) in [6, 6.07) is 12.6. The van der Waals surface area contributed by atoms with Crippen molar-refractivity contribution in [2.45, 2.75) is 32.9 Å². The van der Waals surface area contributed by atoms with Crippen molar-refractivity contribution in [3.05, 3.63) is 46.6 Å². The van der Waals surface area contributed by atoms with Gasteiger partial charge in [0.2, 0.25) is 0 Å². The molecule has 0 aliphatic heterocycles. The van der Waals surface area contributed by atoms with Gasteiger partial charge in [-0.2, -0.15) is 0 Å². The molecule has 0 saturated heterocycles. The number of halogens is 1. The third-order valence-corrected chi connectivity index (χ3v) is 4.10. The van der Waals surface area contributed by atoms with Crippen LogP contribution in [0.3, 0.4) is 0 Å². The first kappa shape index (κ1) is 13.7. The minimum atomic E-state index is 0.0842. The quantitative estimate of drug-likeness (QED) is 0.694. The molecule has 0 unspecified atom stereocenters. The summed E-state index contributed by atoms with van der Waals surface area (Å²) in [4.78, 5) is 0. The van der Waals surface area contributed by atoms with Gasteiger partial charge in [0.25, 0.3) is 0 Å². The van der Waals surface area contributed by atoms with Gasteiger partial charge in [0.15, 0.2) is 0 Å². The summed E-state index contributed by atoms with van der Waals surface area (Å²) < 4.78 is 7.03. The highest BCUT2D eigenvalue weighted by molar-refractivity contribution is 9.10. The van der Waals surface area contributed by atoms with Crippen molar-refractivity contribution in [2.24, 2.45) is 0 Å². The molecule has 104 valence electrons. The standard InChI is InChI=1S/C17H18BrNO/c1-17(2,3)19-10-13-9-12-8-11-6-4-5-7-14(11)15(18)16(12)20-13/h4-9,19H,10H2,1-3H3. The van der Waals surface area contributed by atoms with Gasteiger partial charge in [0.1, 0.15) is 11.3 Å². The van der Waals surface area contributed by atoms with Crippen LogP contribution in [0.4, 0.5) is 0 Å². The Hall–Kier alpha value is -1.32. The molecular formula is C17H18BrNO.